The van der Waals surface area contributed by atoms with Crippen molar-refractivity contribution in [3.8, 4) is 11.6 Å². The number of anilines is 2. The van der Waals surface area contributed by atoms with Gasteiger partial charge in [0, 0.05) is 57.3 Å². The van der Waals surface area contributed by atoms with Crippen LogP contribution in [0.4, 0.5) is 29.3 Å². The maximum atomic E-state index is 12.7. The standard InChI is InChI=1S/C30H32F3N7O3/c1-39(11-2-12-40-13-15-42-16-14-40)23-6-9-25-26(17-23)36-20-37-28(25)43-24-7-4-22(5-8-24)38-29(41)35-19-21-3-10-27(34-18-21)30(31,32)33/h3-10,17-18,20H,2,11-16,19H2,1H3,(H2,35,38,41). The second-order valence-electron chi connectivity index (χ2n) is 10.1. The van der Waals surface area contributed by atoms with Gasteiger partial charge in [-0.1, -0.05) is 6.07 Å². The van der Waals surface area contributed by atoms with E-state index in [0.29, 0.717) is 22.9 Å². The molecule has 4 aromatic rings. The van der Waals surface area contributed by atoms with Crippen LogP contribution in [0.3, 0.4) is 0 Å². The maximum absolute atomic E-state index is 12.7. The predicted molar refractivity (Wildman–Crippen MR) is 156 cm³/mol. The molecule has 3 heterocycles. The van der Waals surface area contributed by atoms with Crippen LogP contribution in [0.2, 0.25) is 0 Å². The van der Waals surface area contributed by atoms with E-state index in [4.69, 9.17) is 9.47 Å². The van der Waals surface area contributed by atoms with Gasteiger partial charge in [0.15, 0.2) is 0 Å². The number of fused-ring (bicyclic) bond motifs is 1. The summed E-state index contributed by atoms with van der Waals surface area (Å²) in [4.78, 5) is 29.0. The normalized spacial score (nSPS) is 14.0. The minimum atomic E-state index is -4.51. The van der Waals surface area contributed by atoms with Crippen LogP contribution in [0.1, 0.15) is 17.7 Å². The summed E-state index contributed by atoms with van der Waals surface area (Å²) in [6.45, 7) is 5.56. The van der Waals surface area contributed by atoms with Crippen LogP contribution in [-0.2, 0) is 17.5 Å². The molecule has 0 bridgehead atoms. The molecule has 0 spiro atoms. The zero-order valence-corrected chi connectivity index (χ0v) is 23.6. The van der Waals surface area contributed by atoms with Crippen molar-refractivity contribution in [2.24, 2.45) is 0 Å². The molecular weight excluding hydrogens is 563 g/mol. The van der Waals surface area contributed by atoms with Crippen LogP contribution in [0.25, 0.3) is 10.9 Å². The fourth-order valence-electron chi connectivity index (χ4n) is 4.60. The molecule has 0 atom stereocenters. The third-order valence-electron chi connectivity index (χ3n) is 6.99. The molecule has 2 aromatic heterocycles. The molecule has 2 amide bonds. The summed E-state index contributed by atoms with van der Waals surface area (Å²) in [7, 11) is 2.07. The molecule has 2 aromatic carbocycles. The highest BCUT2D eigenvalue weighted by Gasteiger charge is 2.32. The Morgan fingerprint density at radius 2 is 1.84 bits per heavy atom. The first-order chi connectivity index (χ1) is 20.7. The summed E-state index contributed by atoms with van der Waals surface area (Å²) in [6, 6.07) is 14.4. The van der Waals surface area contributed by atoms with E-state index in [-0.39, 0.29) is 6.54 Å². The number of aromatic nitrogens is 3. The molecule has 43 heavy (non-hydrogen) atoms. The minimum Gasteiger partial charge on any atom is -0.438 e. The molecule has 0 unspecified atom stereocenters. The molecule has 0 radical (unpaired) electrons. The van der Waals surface area contributed by atoms with E-state index in [0.717, 1.165) is 74.7 Å². The average molecular weight is 596 g/mol. The Morgan fingerprint density at radius 3 is 2.56 bits per heavy atom. The molecule has 0 aliphatic carbocycles. The maximum Gasteiger partial charge on any atom is 0.433 e. The molecule has 13 heteroatoms. The summed E-state index contributed by atoms with van der Waals surface area (Å²) in [5.41, 5.74) is 1.78. The van der Waals surface area contributed by atoms with Gasteiger partial charge in [0.2, 0.25) is 5.88 Å². The van der Waals surface area contributed by atoms with Gasteiger partial charge in [-0.3, -0.25) is 9.88 Å². The number of morpholine rings is 1. The third kappa shape index (κ3) is 8.30. The lowest BCUT2D eigenvalue weighted by atomic mass is 10.2. The molecule has 1 aliphatic heterocycles. The molecule has 10 nitrogen and oxygen atoms in total. The Morgan fingerprint density at radius 1 is 1.05 bits per heavy atom. The summed E-state index contributed by atoms with van der Waals surface area (Å²) < 4.78 is 49.4. The van der Waals surface area contributed by atoms with Crippen molar-refractivity contribution in [1.29, 1.82) is 0 Å². The first kappa shape index (κ1) is 30.0. The highest BCUT2D eigenvalue weighted by molar-refractivity contribution is 5.89. The number of alkyl halides is 3. The predicted octanol–water partition coefficient (Wildman–Crippen LogP) is 5.32. The van der Waals surface area contributed by atoms with E-state index in [1.54, 1.807) is 24.3 Å². The Kier molecular flexibility index (Phi) is 9.52. The van der Waals surface area contributed by atoms with Gasteiger partial charge in [-0.25, -0.2) is 14.8 Å². The van der Waals surface area contributed by atoms with Gasteiger partial charge < -0.3 is 25.0 Å². The lowest BCUT2D eigenvalue weighted by Gasteiger charge is -2.27. The topological polar surface area (TPSA) is 105 Å². The highest BCUT2D eigenvalue weighted by atomic mass is 19.4. The Balaban J connectivity index is 1.13. The Labute approximate surface area is 246 Å². The number of ether oxygens (including phenoxy) is 2. The number of amides is 2. The summed E-state index contributed by atoms with van der Waals surface area (Å²) >= 11 is 0. The number of nitrogens with zero attached hydrogens (tertiary/aromatic N) is 5. The quantitative estimate of drug-likeness (QED) is 0.254. The van der Waals surface area contributed by atoms with Gasteiger partial charge in [0.1, 0.15) is 17.8 Å². The van der Waals surface area contributed by atoms with Gasteiger partial charge in [-0.05, 0) is 60.5 Å². The van der Waals surface area contributed by atoms with Crippen molar-refractivity contribution < 1.29 is 27.4 Å². The SMILES string of the molecule is CN(CCCN1CCOCC1)c1ccc2c(Oc3ccc(NC(=O)NCc4ccc(C(F)(F)F)nc4)cc3)ncnc2c1. The smallest absolute Gasteiger partial charge is 0.433 e. The van der Waals surface area contributed by atoms with Gasteiger partial charge >= 0.3 is 12.2 Å². The van der Waals surface area contributed by atoms with E-state index in [9.17, 15) is 18.0 Å². The van der Waals surface area contributed by atoms with Crippen molar-refractivity contribution in [2.75, 3.05) is 56.7 Å². The van der Waals surface area contributed by atoms with E-state index in [2.05, 4.69) is 42.4 Å². The van der Waals surface area contributed by atoms with Crippen LogP contribution in [0.5, 0.6) is 11.6 Å². The number of benzene rings is 2. The molecular formula is C30H32F3N7O3. The summed E-state index contributed by atoms with van der Waals surface area (Å²) in [6.07, 6.45) is -0.912. The lowest BCUT2D eigenvalue weighted by Crippen LogP contribution is -2.37. The fourth-order valence-corrected chi connectivity index (χ4v) is 4.60. The fraction of sp³-hybridized carbons (Fsp3) is 0.333. The molecule has 2 N–H and O–H groups in total. The molecule has 226 valence electrons. The average Bonchev–Trinajstić information content (AvgIpc) is 3.01. The van der Waals surface area contributed by atoms with Gasteiger partial charge in [-0.15, -0.1) is 0 Å². The number of rotatable bonds is 10. The monoisotopic (exact) mass is 595 g/mol. The minimum absolute atomic E-state index is 0.0187. The first-order valence-corrected chi connectivity index (χ1v) is 13.9. The van der Waals surface area contributed by atoms with Crippen LogP contribution < -0.4 is 20.3 Å². The van der Waals surface area contributed by atoms with Crippen molar-refractivity contribution in [3.05, 3.63) is 78.4 Å². The van der Waals surface area contributed by atoms with E-state index >= 15 is 0 Å². The lowest BCUT2D eigenvalue weighted by molar-refractivity contribution is -0.141. The van der Waals surface area contributed by atoms with Gasteiger partial charge in [0.25, 0.3) is 0 Å². The second kappa shape index (κ2) is 13.7. The molecule has 1 saturated heterocycles. The Hall–Kier alpha value is -4.49. The Bertz CT molecular complexity index is 1510. The zero-order chi connectivity index (χ0) is 30.2. The van der Waals surface area contributed by atoms with Crippen molar-refractivity contribution >= 4 is 28.3 Å². The van der Waals surface area contributed by atoms with E-state index < -0.39 is 17.9 Å². The zero-order valence-electron chi connectivity index (χ0n) is 23.6. The van der Waals surface area contributed by atoms with Gasteiger partial charge in [0.05, 0.1) is 24.1 Å². The molecule has 1 fully saturated rings. The van der Waals surface area contributed by atoms with Crippen molar-refractivity contribution in [1.82, 2.24) is 25.2 Å². The first-order valence-electron chi connectivity index (χ1n) is 13.9. The molecule has 1 aliphatic rings. The number of hydrogen-bond acceptors (Lipinski definition) is 8. The third-order valence-corrected chi connectivity index (χ3v) is 6.99. The van der Waals surface area contributed by atoms with Crippen molar-refractivity contribution in [3.63, 3.8) is 0 Å². The van der Waals surface area contributed by atoms with Crippen LogP contribution in [0.15, 0.2) is 67.1 Å². The summed E-state index contributed by atoms with van der Waals surface area (Å²) in [5, 5.41) is 6.03. The number of carbonyl (C=O) groups is 1. The van der Waals surface area contributed by atoms with Crippen LogP contribution >= 0.6 is 0 Å². The second-order valence-corrected chi connectivity index (χ2v) is 10.1. The van der Waals surface area contributed by atoms with E-state index in [1.165, 1.54) is 12.4 Å². The molecule has 0 saturated carbocycles. The number of carbonyl (C=O) groups excluding carboxylic acids is 1. The van der Waals surface area contributed by atoms with E-state index in [1.807, 2.05) is 18.2 Å². The van der Waals surface area contributed by atoms with Crippen LogP contribution in [-0.4, -0.2) is 72.3 Å². The number of halogens is 3. The number of pyridine rings is 1. The van der Waals surface area contributed by atoms with Crippen LogP contribution in [0, 0.1) is 0 Å². The number of nitrogens with one attached hydrogen (secondary N) is 2. The molecule has 5 rings (SSSR count). The number of urea groups is 1. The van der Waals surface area contributed by atoms with Gasteiger partial charge in [-0.2, -0.15) is 13.2 Å². The largest absolute Gasteiger partial charge is 0.438 e. The van der Waals surface area contributed by atoms with Crippen molar-refractivity contribution in [2.45, 2.75) is 19.1 Å². The highest BCUT2D eigenvalue weighted by Crippen LogP contribution is 2.30. The number of hydrogen-bond donors (Lipinski definition) is 2. The summed E-state index contributed by atoms with van der Waals surface area (Å²) in [5.74, 6) is 0.932.